The van der Waals surface area contributed by atoms with Crippen molar-refractivity contribution >= 4 is 19.1 Å². The molecule has 0 aromatic heterocycles. The molecule has 0 aromatic rings. The van der Waals surface area contributed by atoms with Crippen LogP contribution < -0.4 is 5.32 Å². The summed E-state index contributed by atoms with van der Waals surface area (Å²) < 4.78 is 21.3. The molecule has 0 saturated heterocycles. The predicted octanol–water partition coefficient (Wildman–Crippen LogP) is 0.775. The second-order valence-corrected chi connectivity index (χ2v) is 6.24. The maximum Gasteiger partial charge on any atom is 0.330 e. The Bertz CT molecular complexity index is 353. The molecular formula is C10H18NO5P. The maximum absolute atomic E-state index is 12.0. The lowest BCUT2D eigenvalue weighted by Crippen LogP contribution is -2.31. The summed E-state index contributed by atoms with van der Waals surface area (Å²) in [4.78, 5) is 21.8. The van der Waals surface area contributed by atoms with Crippen LogP contribution in [0.25, 0.3) is 0 Å². The number of hydrogen-bond donors (Lipinski definition) is 1. The van der Waals surface area contributed by atoms with Gasteiger partial charge in [0.25, 0.3) is 0 Å². The van der Waals surface area contributed by atoms with Crippen molar-refractivity contribution in [2.75, 3.05) is 27.4 Å². The fourth-order valence-corrected chi connectivity index (χ4v) is 2.04. The first-order valence-corrected chi connectivity index (χ1v) is 7.09. The van der Waals surface area contributed by atoms with E-state index in [4.69, 9.17) is 4.52 Å². The second-order valence-electron chi connectivity index (χ2n) is 3.50. The van der Waals surface area contributed by atoms with Crippen LogP contribution in [-0.4, -0.2) is 45.0 Å². The molecule has 0 amide bonds. The number of hydrogen-bond acceptors (Lipinski definition) is 6. The van der Waals surface area contributed by atoms with E-state index in [0.29, 0.717) is 0 Å². The highest BCUT2D eigenvalue weighted by atomic mass is 31.2. The third kappa shape index (κ3) is 6.36. The van der Waals surface area contributed by atoms with Gasteiger partial charge in [-0.05, 0) is 6.92 Å². The fraction of sp³-hybridized carbons (Fsp3) is 0.600. The molecule has 0 radical (unpaired) electrons. The minimum Gasteiger partial charge on any atom is -0.466 e. The number of methoxy groups -OCH3 is 1. The largest absolute Gasteiger partial charge is 0.466 e. The van der Waals surface area contributed by atoms with Crippen LogP contribution in [0.2, 0.25) is 0 Å². The first-order valence-electron chi connectivity index (χ1n) is 4.95. The van der Waals surface area contributed by atoms with Crippen LogP contribution in [0.15, 0.2) is 12.2 Å². The van der Waals surface area contributed by atoms with Crippen molar-refractivity contribution in [3.63, 3.8) is 0 Å². The van der Waals surface area contributed by atoms with E-state index in [1.54, 1.807) is 0 Å². The van der Waals surface area contributed by atoms with Gasteiger partial charge in [0.05, 0.1) is 13.7 Å². The van der Waals surface area contributed by atoms with Crippen molar-refractivity contribution in [2.45, 2.75) is 12.7 Å². The summed E-state index contributed by atoms with van der Waals surface area (Å²) in [6.45, 7) is 2.88. The Morgan fingerprint density at radius 2 is 2.00 bits per heavy atom. The molecule has 6 nitrogen and oxygen atoms in total. The third-order valence-corrected chi connectivity index (χ3v) is 4.13. The number of carbonyl (C=O) groups is 2. The van der Waals surface area contributed by atoms with Crippen molar-refractivity contribution in [3.05, 3.63) is 12.2 Å². The van der Waals surface area contributed by atoms with E-state index in [2.05, 4.69) is 10.1 Å². The molecule has 2 atom stereocenters. The van der Waals surface area contributed by atoms with Crippen LogP contribution in [0.1, 0.15) is 6.92 Å². The zero-order chi connectivity index (χ0) is 13.5. The monoisotopic (exact) mass is 263 g/mol. The molecule has 17 heavy (non-hydrogen) atoms. The van der Waals surface area contributed by atoms with E-state index >= 15 is 0 Å². The Morgan fingerprint density at radius 1 is 1.41 bits per heavy atom. The van der Waals surface area contributed by atoms with E-state index < -0.39 is 19.1 Å². The van der Waals surface area contributed by atoms with Crippen LogP contribution in [0.5, 0.6) is 0 Å². The molecule has 7 heteroatoms. The Hall–Kier alpha value is -0.970. The molecule has 0 fully saturated rings. The highest BCUT2D eigenvalue weighted by Gasteiger charge is 2.25. The van der Waals surface area contributed by atoms with Gasteiger partial charge < -0.3 is 9.26 Å². The van der Waals surface area contributed by atoms with Gasteiger partial charge in [-0.2, -0.15) is 0 Å². The van der Waals surface area contributed by atoms with Gasteiger partial charge in [0.1, 0.15) is 11.6 Å². The zero-order valence-electron chi connectivity index (χ0n) is 10.4. The Morgan fingerprint density at radius 3 is 2.41 bits per heavy atom. The number of ketones is 1. The van der Waals surface area contributed by atoms with E-state index in [9.17, 15) is 14.2 Å². The number of rotatable bonds is 7. The smallest absolute Gasteiger partial charge is 0.330 e. The number of ether oxygens (including phenoxy) is 1. The molecule has 0 spiro atoms. The second kappa shape index (κ2) is 7.37. The number of nitrogens with one attached hydrogen (secondary N) is 1. The Kier molecular flexibility index (Phi) is 6.95. The molecule has 98 valence electrons. The van der Waals surface area contributed by atoms with Crippen molar-refractivity contribution in [3.8, 4) is 0 Å². The van der Waals surface area contributed by atoms with Crippen LogP contribution in [-0.2, 0) is 23.4 Å². The number of Topliss-reactive ketones (excluding diaryl/α,β-unsaturated/α-hetero) is 1. The first kappa shape index (κ1) is 16.0. The van der Waals surface area contributed by atoms with Crippen molar-refractivity contribution in [2.24, 2.45) is 0 Å². The van der Waals surface area contributed by atoms with Crippen LogP contribution in [0.3, 0.4) is 0 Å². The summed E-state index contributed by atoms with van der Waals surface area (Å²) in [6, 6.07) is 0. The van der Waals surface area contributed by atoms with Crippen LogP contribution in [0, 0.1) is 0 Å². The van der Waals surface area contributed by atoms with Crippen molar-refractivity contribution in [1.82, 2.24) is 5.32 Å². The molecule has 0 aliphatic rings. The van der Waals surface area contributed by atoms with Crippen molar-refractivity contribution in [1.29, 1.82) is 0 Å². The molecule has 0 bridgehead atoms. The third-order valence-electron chi connectivity index (χ3n) is 2.04. The van der Waals surface area contributed by atoms with E-state index in [-0.39, 0.29) is 12.3 Å². The van der Waals surface area contributed by atoms with E-state index in [0.717, 1.165) is 6.08 Å². The highest BCUT2D eigenvalue weighted by Crippen LogP contribution is 2.46. The normalized spacial score (nSPS) is 16.5. The minimum atomic E-state index is -2.96. The molecule has 0 aliphatic carbocycles. The van der Waals surface area contributed by atoms with Gasteiger partial charge in [-0.25, -0.2) is 4.79 Å². The Labute approximate surface area is 101 Å². The minimum absolute atomic E-state index is 0.0529. The lowest BCUT2D eigenvalue weighted by molar-refractivity contribution is -0.134. The first-order chi connectivity index (χ1) is 7.83. The van der Waals surface area contributed by atoms with Crippen LogP contribution >= 0.6 is 7.37 Å². The summed E-state index contributed by atoms with van der Waals surface area (Å²) >= 11 is 0. The van der Waals surface area contributed by atoms with Gasteiger partial charge in [-0.1, -0.05) is 6.08 Å². The molecule has 0 aliphatic heterocycles. The highest BCUT2D eigenvalue weighted by molar-refractivity contribution is 7.59. The summed E-state index contributed by atoms with van der Waals surface area (Å²) in [5.41, 5.74) is 0. The quantitative estimate of drug-likeness (QED) is 0.415. The van der Waals surface area contributed by atoms with Gasteiger partial charge in [-0.15, -0.1) is 0 Å². The standard InChI is InChI=1S/C10H18NO5P/c1-8(12)7-11-9(17(4,14)16-3)5-6-10(13)15-2/h5-6,9,11H,7H2,1-4H3. The molecule has 1 N–H and O–H groups in total. The number of esters is 1. The van der Waals surface area contributed by atoms with Gasteiger partial charge in [0, 0.05) is 19.9 Å². The fourth-order valence-electron chi connectivity index (χ4n) is 0.990. The Balaban J connectivity index is 4.74. The average molecular weight is 263 g/mol. The molecule has 0 aromatic carbocycles. The van der Waals surface area contributed by atoms with E-state index in [1.807, 2.05) is 0 Å². The molecular weight excluding hydrogens is 245 g/mol. The maximum atomic E-state index is 12.0. The van der Waals surface area contributed by atoms with Crippen molar-refractivity contribution < 1.29 is 23.4 Å². The summed E-state index contributed by atoms with van der Waals surface area (Å²) in [5.74, 6) is -1.36. The average Bonchev–Trinajstić information content (AvgIpc) is 2.27. The predicted molar refractivity (Wildman–Crippen MR) is 64.2 cm³/mol. The molecule has 0 rings (SSSR count). The van der Waals surface area contributed by atoms with Gasteiger partial charge >= 0.3 is 5.97 Å². The summed E-state index contributed by atoms with van der Waals surface area (Å²) in [7, 11) is -0.407. The summed E-state index contributed by atoms with van der Waals surface area (Å²) in [6.07, 6.45) is 2.52. The lowest BCUT2D eigenvalue weighted by atomic mass is 10.4. The lowest BCUT2D eigenvalue weighted by Gasteiger charge is -2.20. The zero-order valence-corrected chi connectivity index (χ0v) is 11.3. The molecule has 2 unspecified atom stereocenters. The molecule has 0 saturated carbocycles. The molecule has 0 heterocycles. The SMILES string of the molecule is COC(=O)C=CC(NCC(C)=O)P(C)(=O)OC. The van der Waals surface area contributed by atoms with Gasteiger partial charge in [0.15, 0.2) is 0 Å². The summed E-state index contributed by atoms with van der Waals surface area (Å²) in [5, 5.41) is 2.76. The van der Waals surface area contributed by atoms with Gasteiger partial charge in [-0.3, -0.25) is 14.7 Å². The van der Waals surface area contributed by atoms with Crippen LogP contribution in [0.4, 0.5) is 0 Å². The number of carbonyl (C=O) groups excluding carboxylic acids is 2. The van der Waals surface area contributed by atoms with Gasteiger partial charge in [0.2, 0.25) is 7.37 Å². The topological polar surface area (TPSA) is 81.7 Å². The van der Waals surface area contributed by atoms with E-state index in [1.165, 1.54) is 33.9 Å².